The summed E-state index contributed by atoms with van der Waals surface area (Å²) in [5.74, 6) is 0. The van der Waals surface area contributed by atoms with Crippen LogP contribution in [0.1, 0.15) is 0 Å². The lowest BCUT2D eigenvalue weighted by atomic mass is 9.43. The molecule has 9 rings (SSSR count). The van der Waals surface area contributed by atoms with E-state index in [1.54, 1.807) is 0 Å². The van der Waals surface area contributed by atoms with Gasteiger partial charge in [0.05, 0.1) is 6.26 Å². The van der Waals surface area contributed by atoms with Crippen LogP contribution in [0, 0.1) is 0 Å². The summed E-state index contributed by atoms with van der Waals surface area (Å²) in [6.45, 7) is -0.0368. The van der Waals surface area contributed by atoms with Crippen LogP contribution in [0.2, 0.25) is 0 Å². The highest BCUT2D eigenvalue weighted by atomic mass is 16.3. The third kappa shape index (κ3) is 3.23. The summed E-state index contributed by atoms with van der Waals surface area (Å²) in [5.41, 5.74) is 14.3. The molecule has 7 aromatic rings. The van der Waals surface area contributed by atoms with E-state index in [4.69, 9.17) is 4.42 Å². The van der Waals surface area contributed by atoms with E-state index in [0.29, 0.717) is 0 Å². The van der Waals surface area contributed by atoms with Crippen molar-refractivity contribution in [2.45, 2.75) is 0 Å². The molecule has 0 amide bonds. The van der Waals surface area contributed by atoms with Gasteiger partial charge in [-0.1, -0.05) is 97.1 Å². The SMILES string of the molecule is c1ccc(-c2ccc3occc3c2N2B3c4ccccc4N(c4ccccc4)c4cccc(c43)-c3ccccc32)cc1. The van der Waals surface area contributed by atoms with Crippen LogP contribution in [0.25, 0.3) is 33.2 Å². The minimum Gasteiger partial charge on any atom is -0.464 e. The van der Waals surface area contributed by atoms with Crippen LogP contribution in [0.15, 0.2) is 156 Å². The lowest BCUT2D eigenvalue weighted by molar-refractivity contribution is 0.616. The number of anilines is 5. The highest BCUT2D eigenvalue weighted by Crippen LogP contribution is 2.49. The lowest BCUT2D eigenvalue weighted by Crippen LogP contribution is -2.61. The molecule has 1 aromatic heterocycles. The van der Waals surface area contributed by atoms with Gasteiger partial charge in [0.1, 0.15) is 5.58 Å². The number of para-hydroxylation sites is 3. The van der Waals surface area contributed by atoms with Crippen LogP contribution in [-0.2, 0) is 0 Å². The van der Waals surface area contributed by atoms with Crippen molar-refractivity contribution in [3.63, 3.8) is 0 Å². The van der Waals surface area contributed by atoms with Gasteiger partial charge in [-0.2, -0.15) is 0 Å². The van der Waals surface area contributed by atoms with E-state index >= 15 is 0 Å². The van der Waals surface area contributed by atoms with Crippen LogP contribution in [0.5, 0.6) is 0 Å². The molecule has 0 radical (unpaired) electrons. The van der Waals surface area contributed by atoms with Crippen molar-refractivity contribution in [3.8, 4) is 22.3 Å². The molecular formula is C38H25BN2O. The van der Waals surface area contributed by atoms with E-state index in [-0.39, 0.29) is 6.85 Å². The van der Waals surface area contributed by atoms with Gasteiger partial charge in [-0.15, -0.1) is 0 Å². The van der Waals surface area contributed by atoms with Gasteiger partial charge in [0.25, 0.3) is 0 Å². The molecular weight excluding hydrogens is 511 g/mol. The Labute approximate surface area is 245 Å². The Hall–Kier alpha value is -5.48. The minimum atomic E-state index is -0.0368. The normalized spacial score (nSPS) is 13.1. The van der Waals surface area contributed by atoms with Gasteiger partial charge >= 0.3 is 6.85 Å². The summed E-state index contributed by atoms with van der Waals surface area (Å²) in [6, 6.07) is 52.3. The molecule has 196 valence electrons. The summed E-state index contributed by atoms with van der Waals surface area (Å²) < 4.78 is 6.01. The molecule has 2 aliphatic rings. The molecule has 0 saturated carbocycles. The largest absolute Gasteiger partial charge is 0.464 e. The average Bonchev–Trinajstić information content (AvgIpc) is 3.55. The summed E-state index contributed by atoms with van der Waals surface area (Å²) in [7, 11) is 0. The molecule has 6 aromatic carbocycles. The fraction of sp³-hybridized carbons (Fsp3) is 0. The highest BCUT2D eigenvalue weighted by molar-refractivity contribution is 6.93. The van der Waals surface area contributed by atoms with Crippen LogP contribution >= 0.6 is 0 Å². The zero-order chi connectivity index (χ0) is 27.6. The van der Waals surface area contributed by atoms with E-state index in [2.05, 4.69) is 155 Å². The van der Waals surface area contributed by atoms with Gasteiger partial charge in [-0.05, 0) is 70.6 Å². The minimum absolute atomic E-state index is 0.0368. The fourth-order valence-corrected chi connectivity index (χ4v) is 7.04. The van der Waals surface area contributed by atoms with E-state index in [0.717, 1.165) is 22.3 Å². The van der Waals surface area contributed by atoms with Gasteiger partial charge in [-0.25, -0.2) is 0 Å². The number of hydrogen-bond acceptors (Lipinski definition) is 3. The maximum Gasteiger partial charge on any atom is 0.333 e. The molecule has 4 heteroatoms. The van der Waals surface area contributed by atoms with E-state index < -0.39 is 0 Å². The van der Waals surface area contributed by atoms with Gasteiger partial charge in [0, 0.05) is 45.0 Å². The second-order valence-corrected chi connectivity index (χ2v) is 10.9. The Morgan fingerprint density at radius 3 is 2.05 bits per heavy atom. The molecule has 0 N–H and O–H groups in total. The molecule has 42 heavy (non-hydrogen) atoms. The Kier molecular flexibility index (Phi) is 4.99. The molecule has 2 aliphatic heterocycles. The lowest BCUT2D eigenvalue weighted by Gasteiger charge is -2.46. The molecule has 0 unspecified atom stereocenters. The summed E-state index contributed by atoms with van der Waals surface area (Å²) in [4.78, 5) is 5.00. The molecule has 0 bridgehead atoms. The van der Waals surface area contributed by atoms with Crippen LogP contribution in [0.4, 0.5) is 28.4 Å². The quantitative estimate of drug-likeness (QED) is 0.211. The Morgan fingerprint density at radius 1 is 0.500 bits per heavy atom. The Morgan fingerprint density at radius 2 is 1.19 bits per heavy atom. The number of fused-ring (bicyclic) bond motifs is 5. The maximum absolute atomic E-state index is 6.01. The van der Waals surface area contributed by atoms with Gasteiger partial charge in [0.2, 0.25) is 0 Å². The Bertz CT molecular complexity index is 2120. The standard InChI is InChI=1S/C38H25BN2O/c1-3-12-26(13-4-1)28-22-23-36-31(24-25-42-36)38(28)41-33-19-9-7-16-29(33)30-17-11-21-35-37(30)39(41)32-18-8-10-20-34(32)40(35)27-14-5-2-6-15-27/h1-25H. The monoisotopic (exact) mass is 536 g/mol. The Balaban J connectivity index is 1.42. The average molecular weight is 536 g/mol. The molecule has 0 fully saturated rings. The van der Waals surface area contributed by atoms with Crippen molar-refractivity contribution in [3.05, 3.63) is 152 Å². The smallest absolute Gasteiger partial charge is 0.333 e. The maximum atomic E-state index is 6.01. The second kappa shape index (κ2) is 9.02. The van der Waals surface area contributed by atoms with Crippen molar-refractivity contribution in [1.29, 1.82) is 0 Å². The molecule has 3 nitrogen and oxygen atoms in total. The van der Waals surface area contributed by atoms with Gasteiger partial charge in [-0.3, -0.25) is 0 Å². The van der Waals surface area contributed by atoms with Crippen LogP contribution in [-0.4, -0.2) is 6.85 Å². The van der Waals surface area contributed by atoms with Crippen molar-refractivity contribution in [2.75, 3.05) is 9.71 Å². The summed E-state index contributed by atoms with van der Waals surface area (Å²) in [5, 5.41) is 1.11. The number of hydrogen-bond donors (Lipinski definition) is 0. The number of rotatable bonds is 3. The zero-order valence-electron chi connectivity index (χ0n) is 22.8. The van der Waals surface area contributed by atoms with Gasteiger partial charge < -0.3 is 14.1 Å². The van der Waals surface area contributed by atoms with Crippen molar-refractivity contribution in [1.82, 2.24) is 0 Å². The molecule has 0 aliphatic carbocycles. The van der Waals surface area contributed by atoms with E-state index in [9.17, 15) is 0 Å². The predicted molar refractivity (Wildman–Crippen MR) is 175 cm³/mol. The first-order valence-electron chi connectivity index (χ1n) is 14.4. The van der Waals surface area contributed by atoms with Crippen molar-refractivity contribution >= 4 is 57.2 Å². The second-order valence-electron chi connectivity index (χ2n) is 10.9. The number of nitrogens with zero attached hydrogens (tertiary/aromatic N) is 2. The van der Waals surface area contributed by atoms with Crippen LogP contribution < -0.4 is 20.6 Å². The van der Waals surface area contributed by atoms with Crippen LogP contribution in [0.3, 0.4) is 0 Å². The molecule has 0 atom stereocenters. The first-order chi connectivity index (χ1) is 20.9. The summed E-state index contributed by atoms with van der Waals surface area (Å²) >= 11 is 0. The predicted octanol–water partition coefficient (Wildman–Crippen LogP) is 8.81. The molecule has 0 spiro atoms. The van der Waals surface area contributed by atoms with E-state index in [1.807, 2.05) is 6.26 Å². The zero-order valence-corrected chi connectivity index (χ0v) is 22.8. The fourth-order valence-electron chi connectivity index (χ4n) is 7.04. The third-order valence-corrected chi connectivity index (χ3v) is 8.73. The van der Waals surface area contributed by atoms with Gasteiger partial charge in [0.15, 0.2) is 0 Å². The highest BCUT2D eigenvalue weighted by Gasteiger charge is 2.45. The molecule has 3 heterocycles. The first kappa shape index (κ1) is 23.3. The number of furan rings is 1. The summed E-state index contributed by atoms with van der Waals surface area (Å²) in [6.07, 6.45) is 1.81. The van der Waals surface area contributed by atoms with E-state index in [1.165, 1.54) is 50.2 Å². The van der Waals surface area contributed by atoms with Crippen molar-refractivity contribution < 1.29 is 4.42 Å². The molecule has 0 saturated heterocycles. The third-order valence-electron chi connectivity index (χ3n) is 8.73. The first-order valence-corrected chi connectivity index (χ1v) is 14.4. The topological polar surface area (TPSA) is 19.6 Å². The van der Waals surface area contributed by atoms with Crippen molar-refractivity contribution in [2.24, 2.45) is 0 Å². The number of benzene rings is 6.